The Kier molecular flexibility index (Phi) is 3.78. The second-order valence-corrected chi connectivity index (χ2v) is 6.21. The van der Waals surface area contributed by atoms with Crippen molar-refractivity contribution in [3.8, 4) is 0 Å². The van der Waals surface area contributed by atoms with E-state index in [1.807, 2.05) is 4.90 Å². The summed E-state index contributed by atoms with van der Waals surface area (Å²) >= 11 is 5.78. The van der Waals surface area contributed by atoms with Crippen LogP contribution in [0.3, 0.4) is 0 Å². The normalized spacial score (nSPS) is 27.0. The Labute approximate surface area is 126 Å². The Hall–Kier alpha value is -1.01. The van der Waals surface area contributed by atoms with Crippen LogP contribution in [-0.4, -0.2) is 42.1 Å². The van der Waals surface area contributed by atoms with Gasteiger partial charge in [-0.2, -0.15) is 13.2 Å². The average molecular weight is 320 g/mol. The quantitative estimate of drug-likeness (QED) is 0.739. The van der Waals surface area contributed by atoms with E-state index in [0.29, 0.717) is 24.4 Å². The molecule has 2 atom stereocenters. The van der Waals surface area contributed by atoms with Gasteiger partial charge in [0.2, 0.25) is 0 Å². The third-order valence-corrected chi connectivity index (χ3v) is 4.77. The van der Waals surface area contributed by atoms with E-state index in [1.165, 1.54) is 6.42 Å². The zero-order chi connectivity index (χ0) is 15.2. The van der Waals surface area contributed by atoms with Crippen LogP contribution < -0.4 is 4.90 Å². The van der Waals surface area contributed by atoms with Crippen molar-refractivity contribution >= 4 is 17.4 Å². The maximum Gasteiger partial charge on any atom is 0.416 e. The van der Waals surface area contributed by atoms with Crippen LogP contribution in [0.5, 0.6) is 0 Å². The minimum Gasteiger partial charge on any atom is -0.355 e. The van der Waals surface area contributed by atoms with Gasteiger partial charge in [0.15, 0.2) is 0 Å². The fourth-order valence-corrected chi connectivity index (χ4v) is 3.53. The first-order chi connectivity index (χ1) is 9.84. The van der Waals surface area contributed by atoms with E-state index in [-0.39, 0.29) is 5.15 Å². The summed E-state index contributed by atoms with van der Waals surface area (Å²) in [7, 11) is 2.10. The van der Waals surface area contributed by atoms with Crippen LogP contribution >= 0.6 is 11.6 Å². The molecule has 2 aliphatic rings. The highest BCUT2D eigenvalue weighted by atomic mass is 35.5. The Morgan fingerprint density at radius 3 is 2.62 bits per heavy atom. The summed E-state index contributed by atoms with van der Waals surface area (Å²) in [5, 5.41) is -0.109. The summed E-state index contributed by atoms with van der Waals surface area (Å²) in [6.07, 6.45) is -1.19. The Morgan fingerprint density at radius 2 is 1.90 bits per heavy atom. The summed E-state index contributed by atoms with van der Waals surface area (Å²) < 4.78 is 38.7. The molecule has 0 aromatic carbocycles. The van der Waals surface area contributed by atoms with Crippen LogP contribution in [0.2, 0.25) is 5.15 Å². The molecule has 21 heavy (non-hydrogen) atoms. The van der Waals surface area contributed by atoms with Gasteiger partial charge in [-0.05, 0) is 38.4 Å². The molecular weight excluding hydrogens is 303 g/mol. The molecule has 0 amide bonds. The fourth-order valence-electron chi connectivity index (χ4n) is 3.33. The molecule has 2 aliphatic heterocycles. The average Bonchev–Trinajstić information content (AvgIpc) is 2.61. The van der Waals surface area contributed by atoms with Crippen LogP contribution in [0.4, 0.5) is 19.0 Å². The van der Waals surface area contributed by atoms with E-state index in [9.17, 15) is 13.2 Å². The molecule has 3 rings (SSSR count). The molecule has 1 aromatic rings. The van der Waals surface area contributed by atoms with Gasteiger partial charge in [-0.15, -0.1) is 0 Å². The molecule has 3 heterocycles. The summed E-state index contributed by atoms with van der Waals surface area (Å²) in [5.41, 5.74) is -0.736. The van der Waals surface area contributed by atoms with Crippen molar-refractivity contribution < 1.29 is 13.2 Å². The number of fused-ring (bicyclic) bond motifs is 2. The van der Waals surface area contributed by atoms with Gasteiger partial charge < -0.3 is 4.90 Å². The molecule has 2 fully saturated rings. The number of alkyl halides is 3. The van der Waals surface area contributed by atoms with Crippen molar-refractivity contribution in [3.63, 3.8) is 0 Å². The van der Waals surface area contributed by atoms with Crippen LogP contribution in [0.25, 0.3) is 0 Å². The highest BCUT2D eigenvalue weighted by Gasteiger charge is 2.36. The predicted octanol–water partition coefficient (Wildman–Crippen LogP) is 3.43. The molecule has 3 nitrogen and oxygen atoms in total. The van der Waals surface area contributed by atoms with Gasteiger partial charge in [0.1, 0.15) is 11.0 Å². The van der Waals surface area contributed by atoms with E-state index in [2.05, 4.69) is 16.9 Å². The topological polar surface area (TPSA) is 19.4 Å². The number of nitrogens with zero attached hydrogens (tertiary/aromatic N) is 3. The minimum atomic E-state index is -4.40. The third-order valence-electron chi connectivity index (χ3n) is 4.58. The number of aromatic nitrogens is 1. The smallest absolute Gasteiger partial charge is 0.355 e. The van der Waals surface area contributed by atoms with Crippen molar-refractivity contribution in [3.05, 3.63) is 22.8 Å². The molecule has 0 radical (unpaired) electrons. The number of pyridine rings is 1. The van der Waals surface area contributed by atoms with Gasteiger partial charge in [0.25, 0.3) is 0 Å². The highest BCUT2D eigenvalue weighted by Crippen LogP contribution is 2.35. The monoisotopic (exact) mass is 319 g/mol. The number of rotatable bonds is 1. The van der Waals surface area contributed by atoms with Crippen molar-refractivity contribution in [2.75, 3.05) is 25.0 Å². The zero-order valence-corrected chi connectivity index (χ0v) is 12.5. The lowest BCUT2D eigenvalue weighted by Crippen LogP contribution is -2.37. The second-order valence-electron chi connectivity index (χ2n) is 5.82. The zero-order valence-electron chi connectivity index (χ0n) is 11.7. The van der Waals surface area contributed by atoms with E-state index in [4.69, 9.17) is 11.6 Å². The van der Waals surface area contributed by atoms with Crippen LogP contribution in [0.15, 0.2) is 12.1 Å². The molecule has 0 aliphatic carbocycles. The summed E-state index contributed by atoms with van der Waals surface area (Å²) in [6.45, 7) is 1.42. The van der Waals surface area contributed by atoms with Crippen LogP contribution in [-0.2, 0) is 6.18 Å². The van der Waals surface area contributed by atoms with Gasteiger partial charge in [0, 0.05) is 25.2 Å². The number of likely N-dealkylation sites (N-methyl/N-ethyl adjacent to an activating group) is 1. The minimum absolute atomic E-state index is 0.109. The molecule has 0 saturated carbocycles. The number of halogens is 4. The summed E-state index contributed by atoms with van der Waals surface area (Å²) in [5.74, 6) is 0.329. The first-order valence-corrected chi connectivity index (χ1v) is 7.44. The number of anilines is 1. The van der Waals surface area contributed by atoms with Gasteiger partial charge in [0.05, 0.1) is 5.56 Å². The van der Waals surface area contributed by atoms with E-state index < -0.39 is 11.7 Å². The molecule has 1 aromatic heterocycles. The second kappa shape index (κ2) is 5.32. The fraction of sp³-hybridized carbons (Fsp3) is 0.643. The van der Waals surface area contributed by atoms with Crippen LogP contribution in [0.1, 0.15) is 24.8 Å². The number of hydrogen-bond acceptors (Lipinski definition) is 3. The maximum absolute atomic E-state index is 12.9. The molecule has 0 spiro atoms. The molecule has 2 saturated heterocycles. The Morgan fingerprint density at radius 1 is 1.19 bits per heavy atom. The molecule has 116 valence electrons. The molecular formula is C14H17ClF3N3. The molecule has 2 bridgehead atoms. The standard InChI is InChI=1S/C14H17ClF3N3/c1-20-10-2-3-11(20)8-21(5-4-10)13-7-9(14(16,17)18)6-12(15)19-13/h6-7,10-11H,2-5,8H2,1H3. The number of hydrogen-bond donors (Lipinski definition) is 0. The van der Waals surface area contributed by atoms with Crippen molar-refractivity contribution in [2.24, 2.45) is 0 Å². The Bertz CT molecular complexity index is 535. The predicted molar refractivity (Wildman–Crippen MR) is 75.7 cm³/mol. The summed E-state index contributed by atoms with van der Waals surface area (Å²) in [4.78, 5) is 8.37. The molecule has 2 unspecified atom stereocenters. The Balaban J connectivity index is 1.88. The van der Waals surface area contributed by atoms with Gasteiger partial charge in [-0.25, -0.2) is 4.98 Å². The third kappa shape index (κ3) is 2.97. The van der Waals surface area contributed by atoms with E-state index >= 15 is 0 Å². The first kappa shape index (κ1) is 14.9. The van der Waals surface area contributed by atoms with Crippen molar-refractivity contribution in [1.82, 2.24) is 9.88 Å². The SMILES string of the molecule is CN1C2CCC1CN(c1cc(C(F)(F)F)cc(Cl)n1)CC2. The lowest BCUT2D eigenvalue weighted by Gasteiger charge is -2.27. The molecule has 0 N–H and O–H groups in total. The lowest BCUT2D eigenvalue weighted by molar-refractivity contribution is -0.137. The largest absolute Gasteiger partial charge is 0.416 e. The summed E-state index contributed by atoms with van der Waals surface area (Å²) in [6, 6.07) is 2.89. The van der Waals surface area contributed by atoms with E-state index in [1.54, 1.807) is 0 Å². The van der Waals surface area contributed by atoms with Crippen LogP contribution in [0, 0.1) is 0 Å². The van der Waals surface area contributed by atoms with Crippen molar-refractivity contribution in [2.45, 2.75) is 37.5 Å². The lowest BCUT2D eigenvalue weighted by atomic mass is 10.1. The highest BCUT2D eigenvalue weighted by molar-refractivity contribution is 6.29. The maximum atomic E-state index is 12.9. The molecule has 7 heteroatoms. The first-order valence-electron chi connectivity index (χ1n) is 7.06. The van der Waals surface area contributed by atoms with Crippen molar-refractivity contribution in [1.29, 1.82) is 0 Å². The van der Waals surface area contributed by atoms with E-state index in [0.717, 1.165) is 31.5 Å². The van der Waals surface area contributed by atoms with Gasteiger partial charge in [-0.1, -0.05) is 11.6 Å². The van der Waals surface area contributed by atoms with Gasteiger partial charge in [-0.3, -0.25) is 4.90 Å². The van der Waals surface area contributed by atoms with Gasteiger partial charge >= 0.3 is 6.18 Å².